The van der Waals surface area contributed by atoms with Gasteiger partial charge in [-0.2, -0.15) is 18.3 Å². The number of amides is 1. The summed E-state index contributed by atoms with van der Waals surface area (Å²) in [6.45, 7) is 2.15. The summed E-state index contributed by atoms with van der Waals surface area (Å²) >= 11 is 0. The number of aromatic nitrogens is 2. The minimum Gasteiger partial charge on any atom is -0.355 e. The molecule has 1 saturated heterocycles. The lowest BCUT2D eigenvalue weighted by Crippen LogP contribution is -2.29. The van der Waals surface area contributed by atoms with Crippen molar-refractivity contribution >= 4 is 34.0 Å². The predicted octanol–water partition coefficient (Wildman–Crippen LogP) is 6.39. The summed E-state index contributed by atoms with van der Waals surface area (Å²) in [6.07, 6.45) is -2.25. The van der Waals surface area contributed by atoms with Gasteiger partial charge in [0, 0.05) is 16.6 Å². The minimum atomic E-state index is -4.47. The number of alkyl halides is 3. The standard InChI is InChI=1S/C27H26F3N5O/c1-35-14-12-18(13-15-35)17-6-8-19(9-7-17)26(36)32-25-21-11-10-20(16-24(21)33-34-25)31-23-5-3-2-4-22(23)27(28,29)30/h2-11,16,18,31H,12-15H2,1H3,(H2,32,33,34,36). The molecule has 3 N–H and O–H groups in total. The van der Waals surface area contributed by atoms with Gasteiger partial charge < -0.3 is 15.5 Å². The highest BCUT2D eigenvalue weighted by molar-refractivity contribution is 6.08. The van der Waals surface area contributed by atoms with Crippen molar-refractivity contribution < 1.29 is 18.0 Å². The summed E-state index contributed by atoms with van der Waals surface area (Å²) in [5.74, 6) is 0.593. The van der Waals surface area contributed by atoms with Crippen LogP contribution in [0.25, 0.3) is 10.9 Å². The zero-order valence-electron chi connectivity index (χ0n) is 19.7. The maximum Gasteiger partial charge on any atom is 0.418 e. The molecule has 1 aromatic heterocycles. The number of benzene rings is 3. The van der Waals surface area contributed by atoms with Gasteiger partial charge in [-0.15, -0.1) is 0 Å². The second-order valence-corrected chi connectivity index (χ2v) is 9.15. The average Bonchev–Trinajstić information content (AvgIpc) is 3.26. The third kappa shape index (κ3) is 5.06. The zero-order valence-corrected chi connectivity index (χ0v) is 19.7. The molecule has 1 aliphatic heterocycles. The number of halogens is 3. The molecule has 1 fully saturated rings. The van der Waals surface area contributed by atoms with Crippen LogP contribution in [0.1, 0.15) is 40.2 Å². The SMILES string of the molecule is CN1CCC(c2ccc(C(=O)Nc3n[nH]c4cc(Nc5ccccc5C(F)(F)F)ccc34)cc2)CC1. The molecule has 0 spiro atoms. The van der Waals surface area contributed by atoms with Gasteiger partial charge in [-0.05, 0) is 86.9 Å². The van der Waals surface area contributed by atoms with Crippen molar-refractivity contribution in [1.82, 2.24) is 15.1 Å². The van der Waals surface area contributed by atoms with E-state index in [1.54, 1.807) is 24.3 Å². The van der Waals surface area contributed by atoms with Crippen molar-refractivity contribution in [3.8, 4) is 0 Å². The van der Waals surface area contributed by atoms with Crippen molar-refractivity contribution in [1.29, 1.82) is 0 Å². The monoisotopic (exact) mass is 493 g/mol. The highest BCUT2D eigenvalue weighted by Gasteiger charge is 2.33. The fourth-order valence-corrected chi connectivity index (χ4v) is 4.62. The normalized spacial score (nSPS) is 15.2. The number of hydrogen-bond donors (Lipinski definition) is 3. The molecule has 0 atom stereocenters. The third-order valence-electron chi connectivity index (χ3n) is 6.67. The van der Waals surface area contributed by atoms with E-state index in [0.29, 0.717) is 33.9 Å². The molecule has 6 nitrogen and oxygen atoms in total. The van der Waals surface area contributed by atoms with Crippen molar-refractivity contribution in [2.24, 2.45) is 0 Å². The number of likely N-dealkylation sites (tertiary alicyclic amines) is 1. The fraction of sp³-hybridized carbons (Fsp3) is 0.259. The van der Waals surface area contributed by atoms with Crippen molar-refractivity contribution in [2.75, 3.05) is 30.8 Å². The molecule has 9 heteroatoms. The molecule has 186 valence electrons. The Balaban J connectivity index is 1.29. The van der Waals surface area contributed by atoms with Crippen LogP contribution in [-0.4, -0.2) is 41.1 Å². The molecule has 2 heterocycles. The van der Waals surface area contributed by atoms with Gasteiger partial charge in [0.25, 0.3) is 5.91 Å². The second-order valence-electron chi connectivity index (χ2n) is 9.15. The molecule has 4 aromatic rings. The van der Waals surface area contributed by atoms with E-state index in [1.165, 1.54) is 17.7 Å². The van der Waals surface area contributed by atoms with E-state index in [4.69, 9.17) is 0 Å². The molecule has 1 amide bonds. The first-order valence-electron chi connectivity index (χ1n) is 11.8. The first-order chi connectivity index (χ1) is 17.3. The number of piperidine rings is 1. The van der Waals surface area contributed by atoms with E-state index in [9.17, 15) is 18.0 Å². The fourth-order valence-electron chi connectivity index (χ4n) is 4.62. The Hall–Kier alpha value is -3.85. The summed E-state index contributed by atoms with van der Waals surface area (Å²) in [4.78, 5) is 15.2. The van der Waals surface area contributed by atoms with Gasteiger partial charge in [-0.3, -0.25) is 9.89 Å². The molecule has 3 aromatic carbocycles. The minimum absolute atomic E-state index is 0.0407. The van der Waals surface area contributed by atoms with E-state index >= 15 is 0 Å². The molecule has 1 aliphatic rings. The molecule has 36 heavy (non-hydrogen) atoms. The van der Waals surface area contributed by atoms with E-state index in [-0.39, 0.29) is 11.6 Å². The zero-order chi connectivity index (χ0) is 25.3. The van der Waals surface area contributed by atoms with Gasteiger partial charge in [0.1, 0.15) is 0 Å². The number of carbonyl (C=O) groups excluding carboxylic acids is 1. The van der Waals surface area contributed by atoms with Gasteiger partial charge in [-0.1, -0.05) is 24.3 Å². The van der Waals surface area contributed by atoms with Gasteiger partial charge in [0.05, 0.1) is 16.8 Å². The second kappa shape index (κ2) is 9.66. The summed E-state index contributed by atoms with van der Waals surface area (Å²) in [5.41, 5.74) is 2.04. The Morgan fingerprint density at radius 2 is 1.75 bits per heavy atom. The van der Waals surface area contributed by atoms with E-state index in [1.807, 2.05) is 24.3 Å². The molecule has 0 bridgehead atoms. The largest absolute Gasteiger partial charge is 0.418 e. The van der Waals surface area contributed by atoms with Crippen LogP contribution in [-0.2, 0) is 6.18 Å². The average molecular weight is 494 g/mol. The molecule has 0 saturated carbocycles. The summed E-state index contributed by atoms with van der Waals surface area (Å²) in [5, 5.41) is 13.3. The molecule has 0 unspecified atom stereocenters. The molecular formula is C27H26F3N5O. The predicted molar refractivity (Wildman–Crippen MR) is 135 cm³/mol. The van der Waals surface area contributed by atoms with Crippen molar-refractivity contribution in [3.05, 3.63) is 83.4 Å². The third-order valence-corrected chi connectivity index (χ3v) is 6.67. The number of carbonyl (C=O) groups is 1. The van der Waals surface area contributed by atoms with Crippen LogP contribution in [0.15, 0.2) is 66.7 Å². The maximum absolute atomic E-state index is 13.3. The van der Waals surface area contributed by atoms with Crippen molar-refractivity contribution in [3.63, 3.8) is 0 Å². The number of hydrogen-bond acceptors (Lipinski definition) is 4. The molecule has 5 rings (SSSR count). The van der Waals surface area contributed by atoms with Crippen LogP contribution in [0, 0.1) is 0 Å². The lowest BCUT2D eigenvalue weighted by molar-refractivity contribution is -0.136. The summed E-state index contributed by atoms with van der Waals surface area (Å²) in [6, 6.07) is 18.0. The van der Waals surface area contributed by atoms with Crippen LogP contribution in [0.5, 0.6) is 0 Å². The smallest absolute Gasteiger partial charge is 0.355 e. The van der Waals surface area contributed by atoms with Crippen LogP contribution < -0.4 is 10.6 Å². The number of aromatic amines is 1. The number of nitrogens with zero attached hydrogens (tertiary/aromatic N) is 2. The topological polar surface area (TPSA) is 73.0 Å². The van der Waals surface area contributed by atoms with Gasteiger partial charge in [-0.25, -0.2) is 0 Å². The van der Waals surface area contributed by atoms with Crippen molar-refractivity contribution in [2.45, 2.75) is 24.9 Å². The molecule has 0 radical (unpaired) electrons. The van der Waals surface area contributed by atoms with Gasteiger partial charge in [0.2, 0.25) is 0 Å². The number of anilines is 3. The van der Waals surface area contributed by atoms with E-state index < -0.39 is 11.7 Å². The van der Waals surface area contributed by atoms with E-state index in [2.05, 4.69) is 32.8 Å². The van der Waals surface area contributed by atoms with Crippen LogP contribution >= 0.6 is 0 Å². The Labute approximate surface area is 206 Å². The summed E-state index contributed by atoms with van der Waals surface area (Å²) < 4.78 is 39.9. The van der Waals surface area contributed by atoms with Crippen LogP contribution in [0.4, 0.5) is 30.4 Å². The number of para-hydroxylation sites is 1. The number of fused-ring (bicyclic) bond motifs is 1. The molecular weight excluding hydrogens is 467 g/mol. The maximum atomic E-state index is 13.3. The molecule has 0 aliphatic carbocycles. The number of rotatable bonds is 5. The lowest BCUT2D eigenvalue weighted by Gasteiger charge is -2.29. The number of H-pyrrole nitrogens is 1. The Morgan fingerprint density at radius 1 is 1.03 bits per heavy atom. The quantitative estimate of drug-likeness (QED) is 0.301. The first kappa shape index (κ1) is 23.9. The Bertz CT molecular complexity index is 1370. The van der Waals surface area contributed by atoms with Gasteiger partial charge >= 0.3 is 6.18 Å². The lowest BCUT2D eigenvalue weighted by atomic mass is 9.89. The number of nitrogens with one attached hydrogen (secondary N) is 3. The van der Waals surface area contributed by atoms with Crippen LogP contribution in [0.2, 0.25) is 0 Å². The van der Waals surface area contributed by atoms with Gasteiger partial charge in [0.15, 0.2) is 5.82 Å². The van der Waals surface area contributed by atoms with Crippen LogP contribution in [0.3, 0.4) is 0 Å². The Kier molecular flexibility index (Phi) is 6.40. The Morgan fingerprint density at radius 3 is 2.47 bits per heavy atom. The van der Waals surface area contributed by atoms with E-state index in [0.717, 1.165) is 32.0 Å². The highest BCUT2D eigenvalue weighted by Crippen LogP contribution is 2.36. The first-order valence-corrected chi connectivity index (χ1v) is 11.8. The highest BCUT2D eigenvalue weighted by atomic mass is 19.4. The summed E-state index contributed by atoms with van der Waals surface area (Å²) in [7, 11) is 2.13.